The lowest BCUT2D eigenvalue weighted by atomic mass is 9.95. The zero-order chi connectivity index (χ0) is 16.6. The maximum Gasteiger partial charge on any atom is 0.247 e. The first-order valence-electron chi connectivity index (χ1n) is 7.22. The van der Waals surface area contributed by atoms with Crippen LogP contribution in [0.4, 0.5) is 0 Å². The van der Waals surface area contributed by atoms with Crippen LogP contribution in [0.3, 0.4) is 0 Å². The van der Waals surface area contributed by atoms with Crippen molar-refractivity contribution in [3.8, 4) is 0 Å². The van der Waals surface area contributed by atoms with Crippen LogP contribution in [0.15, 0.2) is 41.6 Å². The number of likely N-dealkylation sites (N-methyl/N-ethyl adjacent to an activating group) is 1. The lowest BCUT2D eigenvalue weighted by Gasteiger charge is -2.34. The Morgan fingerprint density at radius 2 is 2.00 bits per heavy atom. The Hall–Kier alpha value is -2.19. The highest BCUT2D eigenvalue weighted by Gasteiger charge is 2.39. The number of amides is 1. The van der Waals surface area contributed by atoms with Gasteiger partial charge in [-0.1, -0.05) is 24.3 Å². The normalized spacial score (nSPS) is 18.4. The van der Waals surface area contributed by atoms with Crippen LogP contribution in [0.1, 0.15) is 11.1 Å². The first-order valence-corrected chi connectivity index (χ1v) is 8.66. The fourth-order valence-corrected chi connectivity index (χ4v) is 4.36. The van der Waals surface area contributed by atoms with Crippen LogP contribution in [0.5, 0.6) is 0 Å². The SMILES string of the molecule is CNC(=O)C1Cc2ccccc2CN1S(=O)(=O)c1cnn(C)c1. The van der Waals surface area contributed by atoms with Gasteiger partial charge in [-0.3, -0.25) is 9.48 Å². The van der Waals surface area contributed by atoms with E-state index in [2.05, 4.69) is 10.4 Å². The first-order chi connectivity index (χ1) is 10.9. The molecule has 23 heavy (non-hydrogen) atoms. The highest BCUT2D eigenvalue weighted by molar-refractivity contribution is 7.89. The van der Waals surface area contributed by atoms with Crippen LogP contribution >= 0.6 is 0 Å². The summed E-state index contributed by atoms with van der Waals surface area (Å²) >= 11 is 0. The third-order valence-corrected chi connectivity index (χ3v) is 5.85. The van der Waals surface area contributed by atoms with Gasteiger partial charge in [0.2, 0.25) is 15.9 Å². The number of aryl methyl sites for hydroxylation is 1. The van der Waals surface area contributed by atoms with Gasteiger partial charge in [-0.25, -0.2) is 8.42 Å². The smallest absolute Gasteiger partial charge is 0.247 e. The number of benzene rings is 1. The fourth-order valence-electron chi connectivity index (χ4n) is 2.81. The molecule has 0 radical (unpaired) electrons. The van der Waals surface area contributed by atoms with Gasteiger partial charge in [-0.2, -0.15) is 9.40 Å². The summed E-state index contributed by atoms with van der Waals surface area (Å²) in [7, 11) is -0.634. The highest BCUT2D eigenvalue weighted by atomic mass is 32.2. The van der Waals surface area contributed by atoms with Gasteiger partial charge >= 0.3 is 0 Å². The standard InChI is InChI=1S/C15H18N4O3S/c1-16-15(20)14-7-11-5-3-4-6-12(11)9-19(14)23(21,22)13-8-17-18(2)10-13/h3-6,8,10,14H,7,9H2,1-2H3,(H,16,20). The van der Waals surface area contributed by atoms with Crippen molar-refractivity contribution in [2.24, 2.45) is 7.05 Å². The lowest BCUT2D eigenvalue weighted by Crippen LogP contribution is -2.51. The molecule has 2 heterocycles. The van der Waals surface area contributed by atoms with Crippen molar-refractivity contribution in [2.75, 3.05) is 7.05 Å². The molecule has 2 aromatic rings. The number of nitrogens with zero attached hydrogens (tertiary/aromatic N) is 3. The molecular formula is C15H18N4O3S. The van der Waals surface area contributed by atoms with Crippen molar-refractivity contribution in [3.63, 3.8) is 0 Å². The third-order valence-electron chi connectivity index (χ3n) is 4.04. The van der Waals surface area contributed by atoms with E-state index >= 15 is 0 Å². The van der Waals surface area contributed by atoms with E-state index in [1.54, 1.807) is 7.05 Å². The molecular weight excluding hydrogens is 316 g/mol. The number of hydrogen-bond donors (Lipinski definition) is 1. The predicted molar refractivity (Wildman–Crippen MR) is 83.9 cm³/mol. The van der Waals surface area contributed by atoms with E-state index < -0.39 is 16.1 Å². The van der Waals surface area contributed by atoms with E-state index in [9.17, 15) is 13.2 Å². The second-order valence-electron chi connectivity index (χ2n) is 5.50. The average molecular weight is 334 g/mol. The Morgan fingerprint density at radius 1 is 1.30 bits per heavy atom. The van der Waals surface area contributed by atoms with Gasteiger partial charge in [0, 0.05) is 26.8 Å². The number of carbonyl (C=O) groups excluding carboxylic acids is 1. The van der Waals surface area contributed by atoms with Crippen LogP contribution in [0.25, 0.3) is 0 Å². The van der Waals surface area contributed by atoms with Gasteiger partial charge in [-0.15, -0.1) is 0 Å². The Morgan fingerprint density at radius 3 is 2.61 bits per heavy atom. The summed E-state index contributed by atoms with van der Waals surface area (Å²) in [5.74, 6) is -0.313. The average Bonchev–Trinajstić information content (AvgIpc) is 3.00. The summed E-state index contributed by atoms with van der Waals surface area (Å²) in [6.07, 6.45) is 3.10. The minimum atomic E-state index is -3.80. The maximum absolute atomic E-state index is 12.9. The zero-order valence-electron chi connectivity index (χ0n) is 12.9. The molecule has 3 rings (SSSR count). The maximum atomic E-state index is 12.9. The number of hydrogen-bond acceptors (Lipinski definition) is 4. The number of rotatable bonds is 3. The van der Waals surface area contributed by atoms with E-state index in [0.717, 1.165) is 11.1 Å². The first kappa shape index (κ1) is 15.7. The van der Waals surface area contributed by atoms with Gasteiger partial charge in [0.05, 0.1) is 6.20 Å². The van der Waals surface area contributed by atoms with Crippen molar-refractivity contribution >= 4 is 15.9 Å². The van der Waals surface area contributed by atoms with Gasteiger partial charge < -0.3 is 5.32 Å². The van der Waals surface area contributed by atoms with Crippen LogP contribution in [0, 0.1) is 0 Å². The van der Waals surface area contributed by atoms with E-state index in [1.807, 2.05) is 24.3 Å². The van der Waals surface area contributed by atoms with E-state index in [4.69, 9.17) is 0 Å². The molecule has 0 fully saturated rings. The topological polar surface area (TPSA) is 84.3 Å². The van der Waals surface area contributed by atoms with Crippen LogP contribution in [0.2, 0.25) is 0 Å². The Kier molecular flexibility index (Phi) is 3.95. The monoisotopic (exact) mass is 334 g/mol. The number of nitrogens with one attached hydrogen (secondary N) is 1. The largest absolute Gasteiger partial charge is 0.358 e. The predicted octanol–water partition coefficient (Wildman–Crippen LogP) is 0.282. The molecule has 122 valence electrons. The second kappa shape index (κ2) is 5.78. The molecule has 1 amide bonds. The number of fused-ring (bicyclic) bond motifs is 1. The summed E-state index contributed by atoms with van der Waals surface area (Å²) in [5.41, 5.74) is 1.92. The van der Waals surface area contributed by atoms with Gasteiger partial charge in [0.1, 0.15) is 10.9 Å². The van der Waals surface area contributed by atoms with Crippen LogP contribution in [-0.2, 0) is 34.8 Å². The molecule has 0 saturated carbocycles. The Balaban J connectivity index is 2.06. The quantitative estimate of drug-likeness (QED) is 0.874. The summed E-state index contributed by atoms with van der Waals surface area (Å²) < 4.78 is 28.6. The van der Waals surface area contributed by atoms with Crippen LogP contribution in [-0.4, -0.2) is 41.5 Å². The highest BCUT2D eigenvalue weighted by Crippen LogP contribution is 2.28. The molecule has 8 heteroatoms. The number of aromatic nitrogens is 2. The summed E-state index contributed by atoms with van der Waals surface area (Å²) in [4.78, 5) is 12.3. The molecule has 0 bridgehead atoms. The summed E-state index contributed by atoms with van der Waals surface area (Å²) in [5, 5.41) is 6.48. The molecule has 0 aliphatic carbocycles. The third kappa shape index (κ3) is 2.75. The van der Waals surface area contributed by atoms with Crippen molar-refractivity contribution in [2.45, 2.75) is 23.9 Å². The molecule has 1 unspecified atom stereocenters. The van der Waals surface area contributed by atoms with Crippen LogP contribution < -0.4 is 5.32 Å². The molecule has 1 aromatic carbocycles. The van der Waals surface area contributed by atoms with Crippen molar-refractivity contribution in [1.82, 2.24) is 19.4 Å². The molecule has 1 aromatic heterocycles. The van der Waals surface area contributed by atoms with Gasteiger partial charge in [0.15, 0.2) is 0 Å². The number of carbonyl (C=O) groups is 1. The molecule has 0 spiro atoms. The van der Waals surface area contributed by atoms with Gasteiger partial charge in [0.25, 0.3) is 0 Å². The second-order valence-corrected chi connectivity index (χ2v) is 7.39. The Labute approximate surface area is 135 Å². The van der Waals surface area contributed by atoms with E-state index in [-0.39, 0.29) is 17.3 Å². The molecule has 1 aliphatic rings. The molecule has 1 aliphatic heterocycles. The summed E-state index contributed by atoms with van der Waals surface area (Å²) in [6.45, 7) is 0.172. The number of sulfonamides is 1. The molecule has 0 saturated heterocycles. The zero-order valence-corrected chi connectivity index (χ0v) is 13.7. The lowest BCUT2D eigenvalue weighted by molar-refractivity contribution is -0.124. The summed E-state index contributed by atoms with van der Waals surface area (Å²) in [6, 6.07) is 6.82. The fraction of sp³-hybridized carbons (Fsp3) is 0.333. The molecule has 1 N–H and O–H groups in total. The van der Waals surface area contributed by atoms with Crippen molar-refractivity contribution in [3.05, 3.63) is 47.8 Å². The Bertz CT molecular complexity index is 844. The van der Waals surface area contributed by atoms with Crippen molar-refractivity contribution < 1.29 is 13.2 Å². The van der Waals surface area contributed by atoms with Gasteiger partial charge in [-0.05, 0) is 17.5 Å². The molecule has 1 atom stereocenters. The van der Waals surface area contributed by atoms with E-state index in [0.29, 0.717) is 6.42 Å². The minimum Gasteiger partial charge on any atom is -0.358 e. The molecule has 7 nitrogen and oxygen atoms in total. The van der Waals surface area contributed by atoms with Crippen molar-refractivity contribution in [1.29, 1.82) is 0 Å². The van der Waals surface area contributed by atoms with E-state index in [1.165, 1.54) is 28.4 Å². The minimum absolute atomic E-state index is 0.0910.